The molecule has 9 heteroatoms. The number of unbranched alkanes of at least 4 members (excludes halogenated alkanes) is 58. The highest BCUT2D eigenvalue weighted by Gasteiger charge is 2.28. The maximum absolute atomic E-state index is 13.1. The second-order valence-electron chi connectivity index (χ2n) is 27.4. The molecule has 0 aromatic carbocycles. The third-order valence-electron chi connectivity index (χ3n) is 17.8. The van der Waals surface area contributed by atoms with Gasteiger partial charge in [-0.3, -0.25) is 13.8 Å². The summed E-state index contributed by atoms with van der Waals surface area (Å²) in [6.07, 6.45) is 85.4. The van der Waals surface area contributed by atoms with Crippen LogP contribution in [0.2, 0.25) is 0 Å². The standard InChI is InChI=1S/C74H149N2O6P/c1-6-8-10-12-14-16-18-20-22-24-26-28-30-31-32-33-34-35-36-37-38-39-40-41-42-43-44-46-48-50-52-54-56-58-60-62-64-66-68-74(78)75-72(71-82-83(79,80)81-70-69-76(3,4)5)73(77)67-65-63-61-59-57-55-53-51-49-47-45-29-27-25-23-21-19-17-15-13-11-9-7-2/h65,67,72-73,77H,6-64,66,68-71H2,1-5H3,(H-,75,78,79,80)/p+1/b67-65+. The average molecular weight is 1190 g/mol. The zero-order valence-electron chi connectivity index (χ0n) is 57.0. The third-order valence-corrected chi connectivity index (χ3v) is 18.7. The van der Waals surface area contributed by atoms with Crippen molar-refractivity contribution in [3.63, 3.8) is 0 Å². The molecule has 0 aliphatic rings. The molecule has 0 aromatic rings. The van der Waals surface area contributed by atoms with Gasteiger partial charge in [-0.15, -0.1) is 0 Å². The van der Waals surface area contributed by atoms with Gasteiger partial charge in [-0.1, -0.05) is 392 Å². The van der Waals surface area contributed by atoms with E-state index in [9.17, 15) is 19.4 Å². The van der Waals surface area contributed by atoms with Crippen molar-refractivity contribution in [1.82, 2.24) is 5.32 Å². The van der Waals surface area contributed by atoms with Gasteiger partial charge in [0.25, 0.3) is 0 Å². The molecule has 0 heterocycles. The Bertz CT molecular complexity index is 1360. The van der Waals surface area contributed by atoms with Crippen molar-refractivity contribution in [3.05, 3.63) is 12.2 Å². The quantitative estimate of drug-likeness (QED) is 0.0243. The Morgan fingerprint density at radius 3 is 0.892 bits per heavy atom. The summed E-state index contributed by atoms with van der Waals surface area (Å²) in [7, 11) is 1.60. The number of likely N-dealkylation sites (N-methyl/N-ethyl adjacent to an activating group) is 1. The van der Waals surface area contributed by atoms with Crippen LogP contribution in [0.1, 0.15) is 406 Å². The van der Waals surface area contributed by atoms with Crippen LogP contribution in [-0.2, 0) is 18.4 Å². The summed E-state index contributed by atoms with van der Waals surface area (Å²) in [5.74, 6) is -0.166. The molecule has 3 atom stereocenters. The number of aliphatic hydroxyl groups is 1. The third kappa shape index (κ3) is 68.6. The first-order valence-electron chi connectivity index (χ1n) is 37.6. The van der Waals surface area contributed by atoms with Crippen LogP contribution >= 0.6 is 7.82 Å². The lowest BCUT2D eigenvalue weighted by Gasteiger charge is -2.25. The van der Waals surface area contributed by atoms with Crippen LogP contribution in [0.5, 0.6) is 0 Å². The van der Waals surface area contributed by atoms with Gasteiger partial charge in [-0.25, -0.2) is 4.57 Å². The molecule has 3 unspecified atom stereocenters. The predicted molar refractivity (Wildman–Crippen MR) is 365 cm³/mol. The summed E-state index contributed by atoms with van der Waals surface area (Å²) < 4.78 is 23.8. The molecule has 0 spiro atoms. The molecular weight excluding hydrogens is 1040 g/mol. The molecule has 496 valence electrons. The Labute approximate surface area is 520 Å². The van der Waals surface area contributed by atoms with Crippen LogP contribution in [0.15, 0.2) is 12.2 Å². The van der Waals surface area contributed by atoms with Crippen LogP contribution < -0.4 is 5.32 Å². The lowest BCUT2D eigenvalue weighted by molar-refractivity contribution is -0.870. The first-order chi connectivity index (χ1) is 40.5. The Kier molecular flexibility index (Phi) is 65.1. The van der Waals surface area contributed by atoms with E-state index in [0.29, 0.717) is 17.4 Å². The van der Waals surface area contributed by atoms with Crippen LogP contribution in [0.3, 0.4) is 0 Å². The lowest BCUT2D eigenvalue weighted by atomic mass is 10.0. The number of phosphoric acid groups is 1. The van der Waals surface area contributed by atoms with E-state index in [2.05, 4.69) is 19.2 Å². The number of carbonyl (C=O) groups excluding carboxylic acids is 1. The molecule has 0 saturated carbocycles. The zero-order valence-corrected chi connectivity index (χ0v) is 57.9. The fraction of sp³-hybridized carbons (Fsp3) is 0.959. The molecule has 0 rings (SSSR count). The van der Waals surface area contributed by atoms with Crippen molar-refractivity contribution in [3.8, 4) is 0 Å². The fourth-order valence-corrected chi connectivity index (χ4v) is 12.7. The second-order valence-corrected chi connectivity index (χ2v) is 28.8. The summed E-state index contributed by atoms with van der Waals surface area (Å²) in [4.78, 5) is 23.4. The Morgan fingerprint density at radius 2 is 0.639 bits per heavy atom. The van der Waals surface area contributed by atoms with Crippen LogP contribution in [-0.4, -0.2) is 73.4 Å². The van der Waals surface area contributed by atoms with E-state index in [1.54, 1.807) is 6.08 Å². The lowest BCUT2D eigenvalue weighted by Crippen LogP contribution is -2.45. The first-order valence-corrected chi connectivity index (χ1v) is 39.1. The van der Waals surface area contributed by atoms with Crippen molar-refractivity contribution < 1.29 is 32.9 Å². The maximum atomic E-state index is 13.1. The molecule has 1 amide bonds. The molecule has 0 aliphatic heterocycles. The second kappa shape index (κ2) is 65.7. The van der Waals surface area contributed by atoms with Gasteiger partial charge in [-0.05, 0) is 19.3 Å². The number of quaternary nitrogens is 1. The minimum Gasteiger partial charge on any atom is -0.387 e. The summed E-state index contributed by atoms with van der Waals surface area (Å²) in [6.45, 7) is 4.89. The number of rotatable bonds is 71. The van der Waals surface area contributed by atoms with Gasteiger partial charge < -0.3 is 19.8 Å². The van der Waals surface area contributed by atoms with Gasteiger partial charge in [0.1, 0.15) is 13.2 Å². The molecule has 0 saturated heterocycles. The normalized spacial score (nSPS) is 13.6. The van der Waals surface area contributed by atoms with E-state index in [1.807, 2.05) is 27.2 Å². The highest BCUT2D eigenvalue weighted by molar-refractivity contribution is 7.47. The number of aliphatic hydroxyl groups excluding tert-OH is 1. The Balaban J connectivity index is 3.91. The van der Waals surface area contributed by atoms with E-state index in [0.717, 1.165) is 32.1 Å². The van der Waals surface area contributed by atoms with Gasteiger partial charge in [-0.2, -0.15) is 0 Å². The monoisotopic (exact) mass is 1190 g/mol. The summed E-state index contributed by atoms with van der Waals surface area (Å²) in [5.41, 5.74) is 0. The van der Waals surface area contributed by atoms with Gasteiger partial charge in [0.05, 0.1) is 39.9 Å². The molecule has 83 heavy (non-hydrogen) atoms. The summed E-state index contributed by atoms with van der Waals surface area (Å²) in [6, 6.07) is -0.844. The van der Waals surface area contributed by atoms with Crippen molar-refractivity contribution in [1.29, 1.82) is 0 Å². The molecule has 0 fully saturated rings. The predicted octanol–water partition coefficient (Wildman–Crippen LogP) is 24.1. The van der Waals surface area contributed by atoms with Crippen LogP contribution in [0.4, 0.5) is 0 Å². The summed E-state index contributed by atoms with van der Waals surface area (Å²) in [5, 5.41) is 14.0. The number of allylic oxidation sites excluding steroid dienone is 1. The molecule has 0 radical (unpaired) electrons. The highest BCUT2D eigenvalue weighted by atomic mass is 31.2. The van der Waals surface area contributed by atoms with Crippen molar-refractivity contribution in [2.75, 3.05) is 40.9 Å². The number of carbonyl (C=O) groups is 1. The molecular formula is C74H150N2O6P+. The average Bonchev–Trinajstić information content (AvgIpc) is 3.49. The summed E-state index contributed by atoms with van der Waals surface area (Å²) >= 11 is 0. The highest BCUT2D eigenvalue weighted by Crippen LogP contribution is 2.43. The van der Waals surface area contributed by atoms with E-state index in [4.69, 9.17) is 9.05 Å². The van der Waals surface area contributed by atoms with Crippen molar-refractivity contribution in [2.45, 2.75) is 418 Å². The van der Waals surface area contributed by atoms with Gasteiger partial charge in [0, 0.05) is 6.42 Å². The number of hydrogen-bond donors (Lipinski definition) is 3. The molecule has 0 aromatic heterocycles. The first kappa shape index (κ1) is 82.2. The van der Waals surface area contributed by atoms with Gasteiger partial charge in [0.15, 0.2) is 0 Å². The molecule has 8 nitrogen and oxygen atoms in total. The molecule has 3 N–H and O–H groups in total. The number of phosphoric ester groups is 1. The number of nitrogens with one attached hydrogen (secondary N) is 1. The molecule has 0 bridgehead atoms. The van der Waals surface area contributed by atoms with Gasteiger partial charge in [0.2, 0.25) is 5.91 Å². The van der Waals surface area contributed by atoms with Crippen molar-refractivity contribution >= 4 is 13.7 Å². The maximum Gasteiger partial charge on any atom is 0.472 e. The van der Waals surface area contributed by atoms with E-state index in [1.165, 1.54) is 353 Å². The number of hydrogen-bond acceptors (Lipinski definition) is 5. The van der Waals surface area contributed by atoms with Crippen molar-refractivity contribution in [2.24, 2.45) is 0 Å². The van der Waals surface area contributed by atoms with E-state index >= 15 is 0 Å². The Hall–Kier alpha value is -0.760. The smallest absolute Gasteiger partial charge is 0.387 e. The van der Waals surface area contributed by atoms with Crippen LogP contribution in [0, 0.1) is 0 Å². The minimum atomic E-state index is -4.35. The zero-order chi connectivity index (χ0) is 60.5. The molecule has 0 aliphatic carbocycles. The fourth-order valence-electron chi connectivity index (χ4n) is 11.9. The minimum absolute atomic E-state index is 0.0655. The van der Waals surface area contributed by atoms with Crippen LogP contribution in [0.25, 0.3) is 0 Å². The SMILES string of the molecule is CCCCCCCCCCCCCCCCCCCCCCC/C=C/C(O)C(COP(=O)(O)OCC[N+](C)(C)C)NC(=O)CCCCCCCCCCCCCCCCCCCCCCCCCCCCCCCCCCCCCCCC. The number of nitrogens with zero attached hydrogens (tertiary/aromatic N) is 1. The largest absolute Gasteiger partial charge is 0.472 e. The van der Waals surface area contributed by atoms with E-state index < -0.39 is 20.0 Å². The van der Waals surface area contributed by atoms with Gasteiger partial charge >= 0.3 is 7.82 Å². The topological polar surface area (TPSA) is 105 Å². The Morgan fingerprint density at radius 1 is 0.398 bits per heavy atom. The number of amides is 1. The van der Waals surface area contributed by atoms with E-state index in [-0.39, 0.29) is 19.1 Å².